The number of carbonyl (C=O) groups excluding carboxylic acids is 1. The van der Waals surface area contributed by atoms with Gasteiger partial charge in [0.25, 0.3) is 5.91 Å². The Morgan fingerprint density at radius 2 is 1.80 bits per heavy atom. The second-order valence-corrected chi connectivity index (χ2v) is 9.43. The molecule has 3 aromatic rings. The number of H-pyrrole nitrogens is 1. The van der Waals surface area contributed by atoms with Crippen molar-refractivity contribution in [2.24, 2.45) is 0 Å². The molecule has 10 heteroatoms. The van der Waals surface area contributed by atoms with Gasteiger partial charge in [-0.05, 0) is 60.1 Å². The lowest BCUT2D eigenvalue weighted by atomic mass is 10.0. The maximum Gasteiger partial charge on any atom is 0.270 e. The van der Waals surface area contributed by atoms with Crippen molar-refractivity contribution >= 4 is 28.0 Å². The van der Waals surface area contributed by atoms with Crippen molar-refractivity contribution in [3.63, 3.8) is 0 Å². The van der Waals surface area contributed by atoms with Gasteiger partial charge in [-0.15, -0.1) is 0 Å². The maximum atomic E-state index is 12.5. The minimum absolute atomic E-state index is 0.0848. The van der Waals surface area contributed by atoms with Crippen molar-refractivity contribution in [2.75, 3.05) is 11.7 Å². The fraction of sp³-hybridized carbons (Fsp3) is 0.250. The first-order valence-electron chi connectivity index (χ1n) is 9.15. The van der Waals surface area contributed by atoms with E-state index in [1.165, 1.54) is 34.5 Å². The zero-order valence-corrected chi connectivity index (χ0v) is 18.4. The average Bonchev–Trinajstić information content (AvgIpc) is 3.05. The number of hydrogen-bond donors (Lipinski definition) is 2. The number of hydrogen-bond acceptors (Lipinski definition) is 6. The predicted octanol–water partition coefficient (Wildman–Crippen LogP) is 3.43. The molecule has 0 saturated heterocycles. The largest absolute Gasteiger partial charge is 0.486 e. The molecule has 0 unspecified atom stereocenters. The summed E-state index contributed by atoms with van der Waals surface area (Å²) in [6.07, 6.45) is 1.11. The number of nitrogens with one attached hydrogen (secondary N) is 2. The monoisotopic (exact) mass is 446 g/mol. The molecule has 1 heterocycles. The molecule has 0 fully saturated rings. The molecule has 2 aromatic carbocycles. The maximum absolute atomic E-state index is 12.5. The molecule has 0 aliphatic carbocycles. The van der Waals surface area contributed by atoms with E-state index in [0.717, 1.165) is 6.26 Å². The SMILES string of the molecule is CC(C)c1ccc(OCc2n[nH]c(=S)n2NC(=O)c2ccc(S(C)(=O)=O)cc2)cc1. The van der Waals surface area contributed by atoms with Crippen LogP contribution in [0.1, 0.15) is 41.5 Å². The number of nitrogens with zero attached hydrogens (tertiary/aromatic N) is 2. The molecule has 0 atom stereocenters. The summed E-state index contributed by atoms with van der Waals surface area (Å²) in [6, 6.07) is 13.4. The van der Waals surface area contributed by atoms with Gasteiger partial charge in [-0.2, -0.15) is 5.10 Å². The number of amides is 1. The Morgan fingerprint density at radius 3 is 2.37 bits per heavy atom. The van der Waals surface area contributed by atoms with E-state index in [2.05, 4.69) is 29.5 Å². The minimum Gasteiger partial charge on any atom is -0.486 e. The normalized spacial score (nSPS) is 11.5. The van der Waals surface area contributed by atoms with Crippen LogP contribution in [0, 0.1) is 4.77 Å². The zero-order valence-electron chi connectivity index (χ0n) is 16.7. The van der Waals surface area contributed by atoms with Crippen LogP contribution in [-0.4, -0.2) is 35.5 Å². The molecule has 1 amide bonds. The smallest absolute Gasteiger partial charge is 0.270 e. The number of carbonyl (C=O) groups is 1. The highest BCUT2D eigenvalue weighted by Crippen LogP contribution is 2.19. The number of sulfone groups is 1. The van der Waals surface area contributed by atoms with Crippen LogP contribution in [0.3, 0.4) is 0 Å². The summed E-state index contributed by atoms with van der Waals surface area (Å²) >= 11 is 5.18. The number of ether oxygens (including phenoxy) is 1. The lowest BCUT2D eigenvalue weighted by Gasteiger charge is -2.11. The fourth-order valence-corrected chi connectivity index (χ4v) is 3.49. The van der Waals surface area contributed by atoms with Gasteiger partial charge in [0.15, 0.2) is 15.7 Å². The van der Waals surface area contributed by atoms with Crippen molar-refractivity contribution in [3.8, 4) is 5.75 Å². The topological polar surface area (TPSA) is 106 Å². The Balaban J connectivity index is 1.71. The number of rotatable bonds is 7. The molecule has 1 aromatic heterocycles. The van der Waals surface area contributed by atoms with E-state index in [9.17, 15) is 13.2 Å². The van der Waals surface area contributed by atoms with Gasteiger partial charge < -0.3 is 4.74 Å². The fourth-order valence-electron chi connectivity index (χ4n) is 2.66. The molecule has 2 N–H and O–H groups in total. The van der Waals surface area contributed by atoms with Crippen LogP contribution >= 0.6 is 12.2 Å². The number of benzene rings is 2. The van der Waals surface area contributed by atoms with Crippen LogP contribution in [-0.2, 0) is 16.4 Å². The summed E-state index contributed by atoms with van der Waals surface area (Å²) < 4.78 is 30.4. The number of aromatic amines is 1. The summed E-state index contributed by atoms with van der Waals surface area (Å²) in [6.45, 7) is 4.32. The highest BCUT2D eigenvalue weighted by molar-refractivity contribution is 7.90. The second kappa shape index (κ2) is 8.80. The van der Waals surface area contributed by atoms with E-state index < -0.39 is 15.7 Å². The Kier molecular flexibility index (Phi) is 6.37. The molecular weight excluding hydrogens is 424 g/mol. The minimum atomic E-state index is -3.34. The zero-order chi connectivity index (χ0) is 21.9. The highest BCUT2D eigenvalue weighted by atomic mass is 32.2. The van der Waals surface area contributed by atoms with Gasteiger partial charge in [0.2, 0.25) is 4.77 Å². The molecule has 8 nitrogen and oxygen atoms in total. The Hall–Kier alpha value is -2.98. The van der Waals surface area contributed by atoms with Gasteiger partial charge in [-0.25, -0.2) is 13.1 Å². The van der Waals surface area contributed by atoms with Crippen molar-refractivity contribution in [3.05, 3.63) is 70.3 Å². The van der Waals surface area contributed by atoms with Gasteiger partial charge in [0.05, 0.1) is 4.90 Å². The number of aromatic nitrogens is 3. The Morgan fingerprint density at radius 1 is 1.17 bits per heavy atom. The third kappa shape index (κ3) is 5.14. The Labute approximate surface area is 179 Å². The molecule has 0 saturated carbocycles. The second-order valence-electron chi connectivity index (χ2n) is 7.03. The van der Waals surface area contributed by atoms with Crippen molar-refractivity contribution in [2.45, 2.75) is 31.3 Å². The van der Waals surface area contributed by atoms with Crippen LogP contribution in [0.5, 0.6) is 5.75 Å². The van der Waals surface area contributed by atoms with Crippen LogP contribution < -0.4 is 10.2 Å². The lowest BCUT2D eigenvalue weighted by Crippen LogP contribution is -2.25. The van der Waals surface area contributed by atoms with Gasteiger partial charge in [-0.1, -0.05) is 26.0 Å². The average molecular weight is 447 g/mol. The molecule has 30 heavy (non-hydrogen) atoms. The van der Waals surface area contributed by atoms with Crippen molar-refractivity contribution in [1.82, 2.24) is 14.9 Å². The summed E-state index contributed by atoms with van der Waals surface area (Å²) in [4.78, 5) is 12.7. The first kappa shape index (κ1) is 21.7. The van der Waals surface area contributed by atoms with E-state index >= 15 is 0 Å². The molecule has 0 bridgehead atoms. The van der Waals surface area contributed by atoms with Gasteiger partial charge in [0.1, 0.15) is 12.4 Å². The molecule has 0 spiro atoms. The first-order chi connectivity index (χ1) is 14.1. The first-order valence-corrected chi connectivity index (χ1v) is 11.5. The van der Waals surface area contributed by atoms with E-state index in [1.807, 2.05) is 24.3 Å². The Bertz CT molecular complexity index is 1190. The van der Waals surface area contributed by atoms with Gasteiger partial charge in [0, 0.05) is 11.8 Å². The molecule has 158 valence electrons. The van der Waals surface area contributed by atoms with Crippen molar-refractivity contribution < 1.29 is 17.9 Å². The standard InChI is InChI=1S/C20H22N4O4S2/c1-13(2)14-4-8-16(9-5-14)28-12-18-21-22-20(29)24(18)23-19(25)15-6-10-17(11-7-15)30(3,26)27/h4-11,13H,12H2,1-3H3,(H,22,29)(H,23,25). The van der Waals surface area contributed by atoms with Crippen LogP contribution in [0.15, 0.2) is 53.4 Å². The summed E-state index contributed by atoms with van der Waals surface area (Å²) in [5.74, 6) is 1.02. The molecule has 3 rings (SSSR count). The third-order valence-corrected chi connectivity index (χ3v) is 5.82. The lowest BCUT2D eigenvalue weighted by molar-refractivity contribution is 0.101. The van der Waals surface area contributed by atoms with Crippen LogP contribution in [0.25, 0.3) is 0 Å². The highest BCUT2D eigenvalue weighted by Gasteiger charge is 2.14. The summed E-state index contributed by atoms with van der Waals surface area (Å²) in [7, 11) is -3.34. The quantitative estimate of drug-likeness (QED) is 0.539. The van der Waals surface area contributed by atoms with E-state index in [4.69, 9.17) is 17.0 Å². The van der Waals surface area contributed by atoms with E-state index in [0.29, 0.717) is 17.5 Å². The molecular formula is C20H22N4O4S2. The van der Waals surface area contributed by atoms with Crippen LogP contribution in [0.2, 0.25) is 0 Å². The van der Waals surface area contributed by atoms with E-state index in [-0.39, 0.29) is 21.8 Å². The molecule has 0 radical (unpaired) electrons. The molecule has 0 aliphatic heterocycles. The van der Waals surface area contributed by atoms with Crippen molar-refractivity contribution in [1.29, 1.82) is 0 Å². The summed E-state index contributed by atoms with van der Waals surface area (Å²) in [5.41, 5.74) is 4.13. The van der Waals surface area contributed by atoms with E-state index in [1.54, 1.807) is 0 Å². The third-order valence-electron chi connectivity index (χ3n) is 4.41. The predicted molar refractivity (Wildman–Crippen MR) is 116 cm³/mol. The van der Waals surface area contributed by atoms with Gasteiger partial charge >= 0.3 is 0 Å². The van der Waals surface area contributed by atoms with Gasteiger partial charge in [-0.3, -0.25) is 15.3 Å². The molecule has 0 aliphatic rings. The summed E-state index contributed by atoms with van der Waals surface area (Å²) in [5, 5.41) is 6.72. The van der Waals surface area contributed by atoms with Crippen LogP contribution in [0.4, 0.5) is 0 Å².